The quantitative estimate of drug-likeness (QED) is 0.427. The van der Waals surface area contributed by atoms with E-state index in [1.807, 2.05) is 0 Å². The fourth-order valence-electron chi connectivity index (χ4n) is 1.53. The van der Waals surface area contributed by atoms with Crippen LogP contribution in [0.2, 0.25) is 0 Å². The Kier molecular flexibility index (Phi) is 3.07. The summed E-state index contributed by atoms with van der Waals surface area (Å²) >= 11 is 0. The van der Waals surface area contributed by atoms with E-state index in [4.69, 9.17) is 0 Å². The topological polar surface area (TPSA) is 12.9 Å². The van der Waals surface area contributed by atoms with Gasteiger partial charge in [0.1, 0.15) is 0 Å². The Bertz CT molecular complexity index is 623. The second kappa shape index (κ2) is 4.40. The lowest BCUT2D eigenvalue weighted by atomic mass is 10.1. The molecule has 0 atom stereocenters. The predicted octanol–water partition coefficient (Wildman–Crippen LogP) is 3.92. The maximum atomic E-state index is 13.5. The van der Waals surface area contributed by atoms with E-state index in [1.54, 1.807) is 13.8 Å². The van der Waals surface area contributed by atoms with Gasteiger partial charge in [0, 0.05) is 11.8 Å². The number of pyridine rings is 1. The summed E-state index contributed by atoms with van der Waals surface area (Å²) in [5.74, 6) is -6.53. The summed E-state index contributed by atoms with van der Waals surface area (Å²) in [6.45, 7) is 3.56. The van der Waals surface area contributed by atoms with Crippen LogP contribution in [-0.2, 0) is 0 Å². The number of halogens is 4. The fourth-order valence-corrected chi connectivity index (χ4v) is 1.53. The van der Waals surface area contributed by atoms with Crippen molar-refractivity contribution in [3.8, 4) is 11.3 Å². The van der Waals surface area contributed by atoms with Gasteiger partial charge in [-0.05, 0) is 37.1 Å². The first-order valence-corrected chi connectivity index (χ1v) is 5.18. The van der Waals surface area contributed by atoms with E-state index >= 15 is 0 Å². The van der Waals surface area contributed by atoms with E-state index in [0.29, 0.717) is 6.07 Å². The minimum Gasteiger partial charge on any atom is -0.256 e. The third kappa shape index (κ3) is 1.96. The predicted molar refractivity (Wildman–Crippen MR) is 59.0 cm³/mol. The van der Waals surface area contributed by atoms with Gasteiger partial charge in [-0.25, -0.2) is 17.6 Å². The molecule has 0 fully saturated rings. The molecule has 1 aromatic carbocycles. The summed E-state index contributed by atoms with van der Waals surface area (Å²) in [7, 11) is 0. The lowest BCUT2D eigenvalue weighted by molar-refractivity contribution is 0.410. The van der Waals surface area contributed by atoms with Crippen LogP contribution >= 0.6 is 0 Å². The maximum Gasteiger partial charge on any atom is 0.198 e. The summed E-state index contributed by atoms with van der Waals surface area (Å²) in [5, 5.41) is 0. The summed E-state index contributed by atoms with van der Waals surface area (Å²) in [6.07, 6.45) is 1.46. The zero-order valence-corrected chi connectivity index (χ0v) is 9.69. The molecule has 0 radical (unpaired) electrons. The van der Waals surface area contributed by atoms with Crippen molar-refractivity contribution in [1.82, 2.24) is 4.98 Å². The third-order valence-corrected chi connectivity index (χ3v) is 2.75. The molecule has 94 valence electrons. The molecular weight excluding hydrogens is 246 g/mol. The van der Waals surface area contributed by atoms with Crippen LogP contribution in [-0.4, -0.2) is 4.98 Å². The zero-order chi connectivity index (χ0) is 13.4. The Hall–Kier alpha value is -1.91. The van der Waals surface area contributed by atoms with Gasteiger partial charge >= 0.3 is 0 Å². The lowest BCUT2D eigenvalue weighted by Crippen LogP contribution is -2.00. The average molecular weight is 255 g/mol. The van der Waals surface area contributed by atoms with E-state index in [-0.39, 0.29) is 5.69 Å². The summed E-state index contributed by atoms with van der Waals surface area (Å²) in [6, 6.07) is 2.09. The molecule has 5 heteroatoms. The maximum absolute atomic E-state index is 13.5. The molecule has 0 bridgehead atoms. The number of aryl methyl sites for hydroxylation is 2. The average Bonchev–Trinajstić information content (AvgIpc) is 2.35. The molecule has 0 unspecified atom stereocenters. The van der Waals surface area contributed by atoms with Gasteiger partial charge in [0.15, 0.2) is 23.3 Å². The van der Waals surface area contributed by atoms with Crippen molar-refractivity contribution in [1.29, 1.82) is 0 Å². The highest BCUT2D eigenvalue weighted by molar-refractivity contribution is 5.61. The molecule has 1 heterocycles. The normalized spacial score (nSPS) is 10.8. The molecule has 1 aromatic heterocycles. The van der Waals surface area contributed by atoms with Crippen LogP contribution in [0.3, 0.4) is 0 Å². The molecular formula is C13H9F4N. The Labute approximate surface area is 101 Å². The summed E-state index contributed by atoms with van der Waals surface area (Å²) < 4.78 is 52.5. The first-order chi connectivity index (χ1) is 8.41. The second-order valence-electron chi connectivity index (χ2n) is 4.00. The third-order valence-electron chi connectivity index (χ3n) is 2.75. The number of benzene rings is 1. The molecule has 2 rings (SSSR count). The largest absolute Gasteiger partial charge is 0.256 e. The van der Waals surface area contributed by atoms with Crippen molar-refractivity contribution in [3.63, 3.8) is 0 Å². The first kappa shape index (κ1) is 12.5. The monoisotopic (exact) mass is 255 g/mol. The smallest absolute Gasteiger partial charge is 0.198 e. The van der Waals surface area contributed by atoms with Crippen LogP contribution in [0.25, 0.3) is 11.3 Å². The van der Waals surface area contributed by atoms with Gasteiger partial charge in [0.05, 0.1) is 5.69 Å². The van der Waals surface area contributed by atoms with Gasteiger partial charge in [-0.1, -0.05) is 0 Å². The zero-order valence-electron chi connectivity index (χ0n) is 9.69. The number of hydrogen-bond acceptors (Lipinski definition) is 1. The number of rotatable bonds is 1. The molecule has 0 aliphatic carbocycles. The molecule has 0 spiro atoms. The highest BCUT2D eigenvalue weighted by atomic mass is 19.2. The Morgan fingerprint density at radius 1 is 0.833 bits per heavy atom. The van der Waals surface area contributed by atoms with Crippen LogP contribution < -0.4 is 0 Å². The molecule has 0 saturated carbocycles. The van der Waals surface area contributed by atoms with Gasteiger partial charge in [0.2, 0.25) is 0 Å². The molecule has 18 heavy (non-hydrogen) atoms. The highest BCUT2D eigenvalue weighted by Crippen LogP contribution is 2.27. The SMILES string of the molecule is Cc1cnc(-c2cc(F)c(F)c(F)c2F)cc1C. The van der Waals surface area contributed by atoms with E-state index in [2.05, 4.69) is 4.98 Å². The van der Waals surface area contributed by atoms with Crippen molar-refractivity contribution in [2.75, 3.05) is 0 Å². The summed E-state index contributed by atoms with van der Waals surface area (Å²) in [5.41, 5.74) is 1.33. The van der Waals surface area contributed by atoms with Crippen molar-refractivity contribution >= 4 is 0 Å². The minimum atomic E-state index is -1.83. The Balaban J connectivity index is 2.67. The molecule has 0 saturated heterocycles. The lowest BCUT2D eigenvalue weighted by Gasteiger charge is -2.07. The van der Waals surface area contributed by atoms with Gasteiger partial charge < -0.3 is 0 Å². The first-order valence-electron chi connectivity index (χ1n) is 5.18. The number of aromatic nitrogens is 1. The molecule has 0 N–H and O–H groups in total. The van der Waals surface area contributed by atoms with Crippen LogP contribution in [0.15, 0.2) is 18.3 Å². The standard InChI is InChI=1S/C13H9F4N/c1-6-3-10(18-5-7(6)2)8-4-9(14)12(16)13(17)11(8)15/h3-5H,1-2H3. The minimum absolute atomic E-state index is 0.0633. The van der Waals surface area contributed by atoms with E-state index in [9.17, 15) is 17.6 Å². The van der Waals surface area contributed by atoms with Crippen molar-refractivity contribution in [2.24, 2.45) is 0 Å². The van der Waals surface area contributed by atoms with Crippen LogP contribution in [0, 0.1) is 37.1 Å². The van der Waals surface area contributed by atoms with Gasteiger partial charge in [-0.2, -0.15) is 0 Å². The number of hydrogen-bond donors (Lipinski definition) is 0. The van der Waals surface area contributed by atoms with Crippen LogP contribution in [0.4, 0.5) is 17.6 Å². The van der Waals surface area contributed by atoms with Crippen molar-refractivity contribution in [2.45, 2.75) is 13.8 Å². The van der Waals surface area contributed by atoms with Crippen LogP contribution in [0.5, 0.6) is 0 Å². The van der Waals surface area contributed by atoms with Crippen molar-refractivity contribution < 1.29 is 17.6 Å². The summed E-state index contributed by atoms with van der Waals surface area (Å²) in [4.78, 5) is 3.89. The van der Waals surface area contributed by atoms with Gasteiger partial charge in [-0.3, -0.25) is 4.98 Å². The molecule has 0 amide bonds. The van der Waals surface area contributed by atoms with Crippen LogP contribution in [0.1, 0.15) is 11.1 Å². The van der Waals surface area contributed by atoms with Gasteiger partial charge in [-0.15, -0.1) is 0 Å². The highest BCUT2D eigenvalue weighted by Gasteiger charge is 2.20. The van der Waals surface area contributed by atoms with Crippen molar-refractivity contribution in [3.05, 3.63) is 52.7 Å². The van der Waals surface area contributed by atoms with E-state index in [1.165, 1.54) is 12.3 Å². The van der Waals surface area contributed by atoms with E-state index < -0.39 is 28.8 Å². The van der Waals surface area contributed by atoms with Gasteiger partial charge in [0.25, 0.3) is 0 Å². The second-order valence-corrected chi connectivity index (χ2v) is 4.00. The molecule has 2 aromatic rings. The Morgan fingerprint density at radius 3 is 2.11 bits per heavy atom. The number of nitrogens with zero attached hydrogens (tertiary/aromatic N) is 1. The fraction of sp³-hybridized carbons (Fsp3) is 0.154. The molecule has 0 aliphatic heterocycles. The Morgan fingerprint density at radius 2 is 1.50 bits per heavy atom. The molecule has 1 nitrogen and oxygen atoms in total. The van der Waals surface area contributed by atoms with E-state index in [0.717, 1.165) is 11.1 Å². The molecule has 0 aliphatic rings.